The molecule has 2 amide bonds. The Bertz CT molecular complexity index is 954. The number of nitrogens with one attached hydrogen (secondary N) is 2. The molecule has 0 aliphatic heterocycles. The summed E-state index contributed by atoms with van der Waals surface area (Å²) in [5.41, 5.74) is 2.21. The predicted octanol–water partition coefficient (Wildman–Crippen LogP) is 3.45. The van der Waals surface area contributed by atoms with E-state index in [1.54, 1.807) is 13.2 Å². The molecule has 0 unspecified atom stereocenters. The molecule has 0 bridgehead atoms. The number of benzene rings is 2. The largest absolute Gasteiger partial charge is 0.497 e. The van der Waals surface area contributed by atoms with E-state index < -0.39 is 11.8 Å². The lowest BCUT2D eigenvalue weighted by Gasteiger charge is -2.17. The quantitative estimate of drug-likeness (QED) is 0.681. The second-order valence-corrected chi connectivity index (χ2v) is 6.08. The van der Waals surface area contributed by atoms with Crippen LogP contribution in [0.25, 0.3) is 10.9 Å². The molecule has 1 atom stereocenters. The molecule has 0 aliphatic rings. The molecule has 2 aromatic carbocycles. The van der Waals surface area contributed by atoms with Gasteiger partial charge in [-0.1, -0.05) is 37.3 Å². The van der Waals surface area contributed by atoms with Gasteiger partial charge < -0.3 is 15.4 Å². The minimum Gasteiger partial charge on any atom is -0.497 e. The average Bonchev–Trinajstić information content (AvgIpc) is 2.71. The zero-order valence-electron chi connectivity index (χ0n) is 15.2. The van der Waals surface area contributed by atoms with Gasteiger partial charge >= 0.3 is 11.8 Å². The Morgan fingerprint density at radius 3 is 2.52 bits per heavy atom. The number of nitrogens with zero attached hydrogens (tertiary/aromatic N) is 1. The lowest BCUT2D eigenvalue weighted by molar-refractivity contribution is -0.136. The van der Waals surface area contributed by atoms with Gasteiger partial charge in [0.15, 0.2) is 0 Å². The zero-order chi connectivity index (χ0) is 19.2. The molecule has 0 radical (unpaired) electrons. The number of fused-ring (bicyclic) bond motifs is 1. The lowest BCUT2D eigenvalue weighted by Crippen LogP contribution is -2.37. The smallest absolute Gasteiger partial charge is 0.313 e. The van der Waals surface area contributed by atoms with E-state index >= 15 is 0 Å². The minimum absolute atomic E-state index is 0.260. The van der Waals surface area contributed by atoms with E-state index in [1.165, 1.54) is 6.20 Å². The number of hydrogen-bond acceptors (Lipinski definition) is 4. The molecule has 1 heterocycles. The van der Waals surface area contributed by atoms with E-state index in [2.05, 4.69) is 15.6 Å². The van der Waals surface area contributed by atoms with E-state index in [4.69, 9.17) is 4.74 Å². The van der Waals surface area contributed by atoms with Crippen LogP contribution < -0.4 is 15.4 Å². The molecule has 3 rings (SSSR count). The summed E-state index contributed by atoms with van der Waals surface area (Å²) in [5.74, 6) is -0.675. The van der Waals surface area contributed by atoms with Crippen molar-refractivity contribution in [3.8, 4) is 5.75 Å². The summed E-state index contributed by atoms with van der Waals surface area (Å²) in [6.45, 7) is 1.94. The molecule has 138 valence electrons. The van der Waals surface area contributed by atoms with Crippen LogP contribution in [0.5, 0.6) is 5.75 Å². The third-order valence-electron chi connectivity index (χ3n) is 4.29. The maximum Gasteiger partial charge on any atom is 0.313 e. The number of anilines is 1. The Morgan fingerprint density at radius 2 is 1.81 bits per heavy atom. The molecule has 0 aliphatic carbocycles. The maximum absolute atomic E-state index is 12.3. The molecule has 1 aromatic heterocycles. The van der Waals surface area contributed by atoms with Crippen LogP contribution in [-0.2, 0) is 9.59 Å². The van der Waals surface area contributed by atoms with Crippen LogP contribution in [-0.4, -0.2) is 23.9 Å². The Balaban J connectivity index is 1.66. The molecule has 0 saturated heterocycles. The Kier molecular flexibility index (Phi) is 5.66. The number of para-hydroxylation sites is 1. The van der Waals surface area contributed by atoms with Gasteiger partial charge in [-0.05, 0) is 36.2 Å². The normalized spacial score (nSPS) is 11.6. The van der Waals surface area contributed by atoms with Crippen molar-refractivity contribution in [2.75, 3.05) is 12.4 Å². The summed E-state index contributed by atoms with van der Waals surface area (Å²) in [6, 6.07) is 16.5. The lowest BCUT2D eigenvalue weighted by atomic mass is 10.0. The van der Waals surface area contributed by atoms with Crippen LogP contribution in [0.4, 0.5) is 5.69 Å². The molecule has 0 fully saturated rings. The van der Waals surface area contributed by atoms with Crippen molar-refractivity contribution >= 4 is 28.4 Å². The minimum atomic E-state index is -0.723. The molecule has 0 spiro atoms. The fourth-order valence-electron chi connectivity index (χ4n) is 2.81. The summed E-state index contributed by atoms with van der Waals surface area (Å²) in [6.07, 6.45) is 2.19. The van der Waals surface area contributed by atoms with Gasteiger partial charge in [0, 0.05) is 5.39 Å². The summed E-state index contributed by atoms with van der Waals surface area (Å²) in [5, 5.41) is 6.25. The van der Waals surface area contributed by atoms with E-state index in [1.807, 2.05) is 55.5 Å². The third-order valence-corrected chi connectivity index (χ3v) is 4.29. The number of carbonyl (C=O) groups is 2. The first kappa shape index (κ1) is 18.4. The van der Waals surface area contributed by atoms with Crippen molar-refractivity contribution in [1.82, 2.24) is 10.3 Å². The highest BCUT2D eigenvalue weighted by atomic mass is 16.5. The highest BCUT2D eigenvalue weighted by molar-refractivity contribution is 6.39. The van der Waals surface area contributed by atoms with Crippen LogP contribution in [0.1, 0.15) is 24.9 Å². The Hall–Kier alpha value is -3.41. The van der Waals surface area contributed by atoms with Crippen LogP contribution in [0.15, 0.2) is 60.8 Å². The van der Waals surface area contributed by atoms with Crippen molar-refractivity contribution < 1.29 is 14.3 Å². The summed E-state index contributed by atoms with van der Waals surface area (Å²) < 4.78 is 5.14. The van der Waals surface area contributed by atoms with Crippen LogP contribution >= 0.6 is 0 Å². The number of ether oxygens (including phenoxy) is 1. The van der Waals surface area contributed by atoms with Gasteiger partial charge in [-0.2, -0.15) is 0 Å². The van der Waals surface area contributed by atoms with Crippen molar-refractivity contribution in [2.45, 2.75) is 19.4 Å². The zero-order valence-corrected chi connectivity index (χ0v) is 15.2. The van der Waals surface area contributed by atoms with E-state index in [-0.39, 0.29) is 6.04 Å². The number of rotatable bonds is 5. The molecule has 0 saturated carbocycles. The number of methoxy groups -OCH3 is 1. The predicted molar refractivity (Wildman–Crippen MR) is 105 cm³/mol. The third kappa shape index (κ3) is 4.41. The average molecular weight is 363 g/mol. The highest BCUT2D eigenvalue weighted by Gasteiger charge is 2.19. The standard InChI is InChI=1S/C21H21N3O3/c1-3-18(14-8-10-17(27-2)11-9-14)24-21(26)20(25)23-16-12-15-6-4-5-7-19(15)22-13-16/h4-13,18H,3H2,1-2H3,(H,23,25)(H,24,26)/t18-/m0/s1. The van der Waals surface area contributed by atoms with E-state index in [0.29, 0.717) is 12.1 Å². The van der Waals surface area contributed by atoms with Gasteiger partial charge in [-0.25, -0.2) is 0 Å². The molecular weight excluding hydrogens is 342 g/mol. The van der Waals surface area contributed by atoms with E-state index in [9.17, 15) is 9.59 Å². The number of aromatic nitrogens is 1. The van der Waals surface area contributed by atoms with Crippen molar-refractivity contribution in [2.24, 2.45) is 0 Å². The van der Waals surface area contributed by atoms with E-state index in [0.717, 1.165) is 22.2 Å². The topological polar surface area (TPSA) is 80.3 Å². The summed E-state index contributed by atoms with van der Waals surface area (Å²) in [7, 11) is 1.60. The number of amides is 2. The molecule has 6 nitrogen and oxygen atoms in total. The SMILES string of the molecule is CC[C@H](NC(=O)C(=O)Nc1cnc2ccccc2c1)c1ccc(OC)cc1. The maximum atomic E-state index is 12.3. The Morgan fingerprint density at radius 1 is 1.07 bits per heavy atom. The first-order valence-electron chi connectivity index (χ1n) is 8.71. The molecule has 2 N–H and O–H groups in total. The van der Waals surface area contributed by atoms with Gasteiger partial charge in [-0.15, -0.1) is 0 Å². The fraction of sp³-hybridized carbons (Fsp3) is 0.190. The second kappa shape index (κ2) is 8.31. The summed E-state index contributed by atoms with van der Waals surface area (Å²) >= 11 is 0. The van der Waals surface area contributed by atoms with Crippen LogP contribution in [0.2, 0.25) is 0 Å². The summed E-state index contributed by atoms with van der Waals surface area (Å²) in [4.78, 5) is 28.8. The van der Waals surface area contributed by atoms with Gasteiger partial charge in [-0.3, -0.25) is 14.6 Å². The van der Waals surface area contributed by atoms with Gasteiger partial charge in [0.25, 0.3) is 0 Å². The second-order valence-electron chi connectivity index (χ2n) is 6.08. The highest BCUT2D eigenvalue weighted by Crippen LogP contribution is 2.20. The molecular formula is C21H21N3O3. The first-order chi connectivity index (χ1) is 13.1. The Labute approximate surface area is 157 Å². The monoisotopic (exact) mass is 363 g/mol. The molecule has 6 heteroatoms. The molecule has 27 heavy (non-hydrogen) atoms. The number of carbonyl (C=O) groups excluding carboxylic acids is 2. The van der Waals surface area contributed by atoms with Crippen LogP contribution in [0, 0.1) is 0 Å². The van der Waals surface area contributed by atoms with Gasteiger partial charge in [0.1, 0.15) is 5.75 Å². The van der Waals surface area contributed by atoms with Gasteiger partial charge in [0.2, 0.25) is 0 Å². The van der Waals surface area contributed by atoms with Crippen molar-refractivity contribution in [1.29, 1.82) is 0 Å². The fourth-order valence-corrected chi connectivity index (χ4v) is 2.81. The molecule has 3 aromatic rings. The first-order valence-corrected chi connectivity index (χ1v) is 8.71. The van der Waals surface area contributed by atoms with Crippen molar-refractivity contribution in [3.63, 3.8) is 0 Å². The van der Waals surface area contributed by atoms with Crippen molar-refractivity contribution in [3.05, 3.63) is 66.4 Å². The number of hydrogen-bond donors (Lipinski definition) is 2. The number of pyridine rings is 1. The van der Waals surface area contributed by atoms with Crippen LogP contribution in [0.3, 0.4) is 0 Å². The van der Waals surface area contributed by atoms with Gasteiger partial charge in [0.05, 0.1) is 30.6 Å².